The van der Waals surface area contributed by atoms with Gasteiger partial charge in [-0.15, -0.1) is 0 Å². The molecular formula is C29H30F2N2O4. The van der Waals surface area contributed by atoms with Gasteiger partial charge < -0.3 is 20.1 Å². The summed E-state index contributed by atoms with van der Waals surface area (Å²) < 4.78 is 32.7. The van der Waals surface area contributed by atoms with Gasteiger partial charge in [-0.1, -0.05) is 12.1 Å². The molecular weight excluding hydrogens is 478 g/mol. The number of aliphatic hydroxyl groups is 1. The highest BCUT2D eigenvalue weighted by atomic mass is 19.2. The Bertz CT molecular complexity index is 1240. The van der Waals surface area contributed by atoms with Crippen molar-refractivity contribution in [1.29, 1.82) is 0 Å². The van der Waals surface area contributed by atoms with Gasteiger partial charge in [-0.05, 0) is 79.8 Å². The molecule has 2 amide bonds. The molecule has 0 saturated carbocycles. The summed E-state index contributed by atoms with van der Waals surface area (Å²) in [6.07, 6.45) is 2.21. The third kappa shape index (κ3) is 6.32. The van der Waals surface area contributed by atoms with E-state index in [1.807, 2.05) is 17.0 Å². The Morgan fingerprint density at radius 1 is 1.00 bits per heavy atom. The van der Waals surface area contributed by atoms with Crippen molar-refractivity contribution in [1.82, 2.24) is 4.90 Å². The molecule has 1 aliphatic heterocycles. The van der Waals surface area contributed by atoms with Crippen LogP contribution in [-0.4, -0.2) is 48.1 Å². The Kier molecular flexibility index (Phi) is 8.50. The van der Waals surface area contributed by atoms with Crippen molar-refractivity contribution in [2.45, 2.75) is 32.1 Å². The minimum absolute atomic E-state index is 0.00839. The van der Waals surface area contributed by atoms with Crippen LogP contribution in [0, 0.1) is 18.6 Å². The van der Waals surface area contributed by atoms with Crippen molar-refractivity contribution >= 4 is 17.5 Å². The van der Waals surface area contributed by atoms with Crippen molar-refractivity contribution in [2.75, 3.05) is 31.6 Å². The van der Waals surface area contributed by atoms with E-state index in [0.29, 0.717) is 49.0 Å². The van der Waals surface area contributed by atoms with E-state index < -0.39 is 17.5 Å². The number of aliphatic hydroxyl groups excluding tert-OH is 1. The van der Waals surface area contributed by atoms with Gasteiger partial charge >= 0.3 is 0 Å². The van der Waals surface area contributed by atoms with E-state index >= 15 is 0 Å². The van der Waals surface area contributed by atoms with Gasteiger partial charge in [0.1, 0.15) is 5.75 Å². The van der Waals surface area contributed by atoms with Gasteiger partial charge in [0.25, 0.3) is 11.8 Å². The second-order valence-electron chi connectivity index (χ2n) is 9.13. The molecule has 2 N–H and O–H groups in total. The maximum atomic E-state index is 13.8. The number of rotatable bonds is 8. The fraction of sp³-hybridized carbons (Fsp3) is 0.310. The van der Waals surface area contributed by atoms with Crippen molar-refractivity contribution < 1.29 is 28.2 Å². The van der Waals surface area contributed by atoms with Gasteiger partial charge in [-0.25, -0.2) is 8.78 Å². The average Bonchev–Trinajstić information content (AvgIpc) is 2.92. The lowest BCUT2D eigenvalue weighted by Crippen LogP contribution is -2.37. The molecule has 194 valence electrons. The number of hydrogen-bond donors (Lipinski definition) is 2. The highest BCUT2D eigenvalue weighted by molar-refractivity contribution is 6.05. The number of piperidine rings is 1. The van der Waals surface area contributed by atoms with Crippen molar-refractivity contribution in [3.63, 3.8) is 0 Å². The predicted octanol–water partition coefficient (Wildman–Crippen LogP) is 5.31. The van der Waals surface area contributed by atoms with Crippen LogP contribution >= 0.6 is 0 Å². The lowest BCUT2D eigenvalue weighted by molar-refractivity contribution is 0.0713. The molecule has 1 saturated heterocycles. The molecule has 1 aliphatic rings. The van der Waals surface area contributed by atoms with Gasteiger partial charge in [0.15, 0.2) is 11.6 Å². The van der Waals surface area contributed by atoms with Gasteiger partial charge in [0, 0.05) is 48.5 Å². The number of anilines is 1. The van der Waals surface area contributed by atoms with Crippen LogP contribution in [0.3, 0.4) is 0 Å². The zero-order chi connectivity index (χ0) is 26.4. The van der Waals surface area contributed by atoms with Crippen molar-refractivity contribution in [2.24, 2.45) is 0 Å². The SMILES string of the molecule is Cc1c(C(=O)Nc2ccc(C3CCN(C(=O)c4ccc(OCCCO)cc4)CC3)cc2)ccc(F)c1F. The molecule has 0 bridgehead atoms. The molecule has 3 aromatic rings. The minimum atomic E-state index is -1.02. The fourth-order valence-electron chi connectivity index (χ4n) is 4.48. The topological polar surface area (TPSA) is 78.9 Å². The highest BCUT2D eigenvalue weighted by Crippen LogP contribution is 2.30. The second-order valence-corrected chi connectivity index (χ2v) is 9.13. The van der Waals surface area contributed by atoms with E-state index in [9.17, 15) is 18.4 Å². The lowest BCUT2D eigenvalue weighted by atomic mass is 9.89. The Morgan fingerprint density at radius 3 is 2.32 bits per heavy atom. The number of carbonyl (C=O) groups excluding carboxylic acids is 2. The summed E-state index contributed by atoms with van der Waals surface area (Å²) in [6, 6.07) is 16.8. The fourth-order valence-corrected chi connectivity index (χ4v) is 4.48. The Balaban J connectivity index is 1.30. The zero-order valence-electron chi connectivity index (χ0n) is 20.7. The van der Waals surface area contributed by atoms with Crippen LogP contribution < -0.4 is 10.1 Å². The number of ether oxygens (including phenoxy) is 1. The molecule has 0 unspecified atom stereocenters. The van der Waals surface area contributed by atoms with Crippen LogP contribution in [0.1, 0.15) is 57.0 Å². The van der Waals surface area contributed by atoms with E-state index in [0.717, 1.165) is 24.5 Å². The third-order valence-corrected chi connectivity index (χ3v) is 6.68. The van der Waals surface area contributed by atoms with Crippen LogP contribution in [0.25, 0.3) is 0 Å². The van der Waals surface area contributed by atoms with E-state index in [2.05, 4.69) is 5.32 Å². The largest absolute Gasteiger partial charge is 0.494 e. The predicted molar refractivity (Wildman–Crippen MR) is 137 cm³/mol. The Hall–Kier alpha value is -3.78. The quantitative estimate of drug-likeness (QED) is 0.405. The van der Waals surface area contributed by atoms with Gasteiger partial charge in [-0.2, -0.15) is 0 Å². The molecule has 37 heavy (non-hydrogen) atoms. The van der Waals surface area contributed by atoms with Crippen LogP contribution in [0.4, 0.5) is 14.5 Å². The van der Waals surface area contributed by atoms with E-state index in [4.69, 9.17) is 9.84 Å². The number of nitrogens with one attached hydrogen (secondary N) is 1. The van der Waals surface area contributed by atoms with Crippen molar-refractivity contribution in [3.8, 4) is 5.75 Å². The molecule has 3 aromatic carbocycles. The molecule has 0 aromatic heterocycles. The summed E-state index contributed by atoms with van der Waals surface area (Å²) in [5, 5.41) is 11.6. The second kappa shape index (κ2) is 12.0. The summed E-state index contributed by atoms with van der Waals surface area (Å²) >= 11 is 0. The van der Waals surface area contributed by atoms with Crippen molar-refractivity contribution in [3.05, 3.63) is 94.6 Å². The Morgan fingerprint density at radius 2 is 1.68 bits per heavy atom. The normalized spacial score (nSPS) is 13.9. The zero-order valence-corrected chi connectivity index (χ0v) is 20.7. The first-order valence-electron chi connectivity index (χ1n) is 12.4. The lowest BCUT2D eigenvalue weighted by Gasteiger charge is -2.32. The third-order valence-electron chi connectivity index (χ3n) is 6.68. The first-order chi connectivity index (χ1) is 17.9. The molecule has 0 spiro atoms. The van der Waals surface area contributed by atoms with Gasteiger partial charge in [-0.3, -0.25) is 9.59 Å². The van der Waals surface area contributed by atoms with E-state index in [1.165, 1.54) is 13.0 Å². The smallest absolute Gasteiger partial charge is 0.256 e. The highest BCUT2D eigenvalue weighted by Gasteiger charge is 2.25. The molecule has 1 heterocycles. The van der Waals surface area contributed by atoms with Crippen LogP contribution in [0.2, 0.25) is 0 Å². The number of likely N-dealkylation sites (tertiary alicyclic amines) is 1. The van der Waals surface area contributed by atoms with Crippen LogP contribution in [0.5, 0.6) is 5.75 Å². The number of benzene rings is 3. The van der Waals surface area contributed by atoms with Gasteiger partial charge in [0.05, 0.1) is 6.61 Å². The standard InChI is InChI=1S/C29H30F2N2O4/c1-19-25(11-12-26(30)27(19)31)28(35)32-23-7-3-20(4-8-23)21-13-15-33(16-14-21)29(36)22-5-9-24(10-6-22)37-18-2-17-34/h3-12,21,34H,2,13-18H2,1H3,(H,32,35). The van der Waals surface area contributed by atoms with E-state index in [1.54, 1.807) is 36.4 Å². The van der Waals surface area contributed by atoms with Crippen LogP contribution in [0.15, 0.2) is 60.7 Å². The summed E-state index contributed by atoms with van der Waals surface area (Å²) in [6.45, 7) is 3.17. The number of amides is 2. The number of hydrogen-bond acceptors (Lipinski definition) is 4. The van der Waals surface area contributed by atoms with E-state index in [-0.39, 0.29) is 23.6 Å². The first-order valence-corrected chi connectivity index (χ1v) is 12.4. The Labute approximate surface area is 214 Å². The molecule has 0 radical (unpaired) electrons. The summed E-state index contributed by atoms with van der Waals surface area (Å²) in [5.74, 6) is -1.54. The number of halogens is 2. The maximum absolute atomic E-state index is 13.8. The average molecular weight is 509 g/mol. The minimum Gasteiger partial charge on any atom is -0.494 e. The summed E-state index contributed by atoms with van der Waals surface area (Å²) in [4.78, 5) is 27.3. The summed E-state index contributed by atoms with van der Waals surface area (Å²) in [5.41, 5.74) is 2.36. The number of nitrogens with zero attached hydrogens (tertiary/aromatic N) is 1. The first kappa shape index (κ1) is 26.3. The summed E-state index contributed by atoms with van der Waals surface area (Å²) in [7, 11) is 0. The molecule has 0 atom stereocenters. The molecule has 8 heteroatoms. The monoisotopic (exact) mass is 508 g/mol. The molecule has 4 rings (SSSR count). The van der Waals surface area contributed by atoms with Crippen LogP contribution in [-0.2, 0) is 0 Å². The number of carbonyl (C=O) groups is 2. The molecule has 0 aliphatic carbocycles. The maximum Gasteiger partial charge on any atom is 0.256 e. The molecule has 6 nitrogen and oxygen atoms in total. The molecule has 1 fully saturated rings. The van der Waals surface area contributed by atoms with Gasteiger partial charge in [0.2, 0.25) is 0 Å².